The highest BCUT2D eigenvalue weighted by Crippen LogP contribution is 2.41. The molecule has 3 aromatic rings. The fourth-order valence-electron chi connectivity index (χ4n) is 3.37. The van der Waals surface area contributed by atoms with Gasteiger partial charge in [-0.1, -0.05) is 11.6 Å². The fourth-order valence-corrected chi connectivity index (χ4v) is 3.59. The number of unbranched alkanes of at least 4 members (excludes halogenated alkanes) is 1. The molecule has 0 spiro atoms. The molecule has 0 saturated carbocycles. The highest BCUT2D eigenvalue weighted by Gasteiger charge is 2.34. The molecule has 3 N–H and O–H groups in total. The Hall–Kier alpha value is -2.18. The maximum atomic E-state index is 13.6. The van der Waals surface area contributed by atoms with Crippen molar-refractivity contribution >= 4 is 22.5 Å². The van der Waals surface area contributed by atoms with E-state index in [9.17, 15) is 13.2 Å². The van der Waals surface area contributed by atoms with Gasteiger partial charge in [0.2, 0.25) is 0 Å². The number of nitrogens with two attached hydrogens (primary N) is 1. The summed E-state index contributed by atoms with van der Waals surface area (Å²) < 4.78 is 46.2. The van der Waals surface area contributed by atoms with Crippen molar-refractivity contribution < 1.29 is 17.9 Å². The van der Waals surface area contributed by atoms with E-state index in [0.717, 1.165) is 30.0 Å². The maximum Gasteiger partial charge on any atom is 0.418 e. The second-order valence-electron chi connectivity index (χ2n) is 6.56. The first-order valence-electron chi connectivity index (χ1n) is 9.19. The van der Waals surface area contributed by atoms with Crippen LogP contribution in [0.3, 0.4) is 0 Å². The van der Waals surface area contributed by atoms with Gasteiger partial charge >= 0.3 is 6.18 Å². The third-order valence-corrected chi connectivity index (χ3v) is 4.84. The van der Waals surface area contributed by atoms with Crippen molar-refractivity contribution in [1.29, 1.82) is 0 Å². The summed E-state index contributed by atoms with van der Waals surface area (Å²) >= 11 is 6.02. The molecular formula is C21H22ClF3N2O. The van der Waals surface area contributed by atoms with Crippen LogP contribution in [0, 0.1) is 0 Å². The lowest BCUT2D eigenvalue weighted by atomic mass is 9.99. The number of rotatable bonds is 7. The third kappa shape index (κ3) is 4.28. The molecule has 0 radical (unpaired) electrons. The zero-order valence-electron chi connectivity index (χ0n) is 15.5. The first-order chi connectivity index (χ1) is 13.3. The predicted octanol–water partition coefficient (Wildman–Crippen LogP) is 6.19. The van der Waals surface area contributed by atoms with Gasteiger partial charge in [0.1, 0.15) is 5.75 Å². The number of hydrogen-bond acceptors (Lipinski definition) is 2. The van der Waals surface area contributed by atoms with E-state index in [0.29, 0.717) is 36.4 Å². The summed E-state index contributed by atoms with van der Waals surface area (Å²) in [6.07, 6.45) is -2.32. The molecule has 3 nitrogen and oxygen atoms in total. The van der Waals surface area contributed by atoms with Gasteiger partial charge in [0.15, 0.2) is 0 Å². The lowest BCUT2D eigenvalue weighted by Crippen LogP contribution is -2.05. The Kier molecular flexibility index (Phi) is 6.20. The molecule has 3 rings (SSSR count). The van der Waals surface area contributed by atoms with E-state index in [-0.39, 0.29) is 10.5 Å². The number of aromatic amines is 1. The Morgan fingerprint density at radius 1 is 1.11 bits per heavy atom. The summed E-state index contributed by atoms with van der Waals surface area (Å²) in [5.41, 5.74) is 7.18. The molecule has 0 fully saturated rings. The van der Waals surface area contributed by atoms with Crippen LogP contribution in [0.1, 0.15) is 30.9 Å². The van der Waals surface area contributed by atoms with Crippen LogP contribution >= 0.6 is 11.6 Å². The quantitative estimate of drug-likeness (QED) is 0.456. The smallest absolute Gasteiger partial charge is 0.418 e. The van der Waals surface area contributed by atoms with Crippen molar-refractivity contribution in [2.24, 2.45) is 5.73 Å². The zero-order valence-corrected chi connectivity index (χ0v) is 16.3. The molecule has 0 atom stereocenters. The molecule has 0 unspecified atom stereocenters. The molecule has 0 aliphatic heterocycles. The lowest BCUT2D eigenvalue weighted by Gasteiger charge is -2.09. The number of ether oxygens (including phenoxy) is 1. The highest BCUT2D eigenvalue weighted by atomic mass is 35.5. The lowest BCUT2D eigenvalue weighted by molar-refractivity contribution is -0.136. The van der Waals surface area contributed by atoms with E-state index in [2.05, 4.69) is 4.98 Å². The number of H-pyrrole nitrogens is 1. The number of aromatic nitrogens is 1. The summed E-state index contributed by atoms with van der Waals surface area (Å²) in [7, 11) is 0. The number of nitrogens with one attached hydrogen (secondary N) is 1. The first-order valence-corrected chi connectivity index (χ1v) is 9.57. The SMILES string of the molecule is CCOc1ccc(-c2[nH]c3c(C(F)(F)F)cc(Cl)cc3c2CCCCN)cc1. The van der Waals surface area contributed by atoms with Gasteiger partial charge < -0.3 is 15.5 Å². The van der Waals surface area contributed by atoms with Crippen molar-refractivity contribution in [3.8, 4) is 17.0 Å². The van der Waals surface area contributed by atoms with Gasteiger partial charge in [0.05, 0.1) is 17.7 Å². The van der Waals surface area contributed by atoms with Crippen LogP contribution in [-0.4, -0.2) is 18.1 Å². The fraction of sp³-hybridized carbons (Fsp3) is 0.333. The number of alkyl halides is 3. The maximum absolute atomic E-state index is 13.6. The number of halogens is 4. The standard InChI is InChI=1S/C21H22ClF3N2O/c1-2-28-15-8-6-13(7-9-15)19-16(5-3-4-10-26)17-11-14(22)12-18(20(17)27-19)21(23,24)25/h6-9,11-12,27H,2-5,10,26H2,1H3. The Bertz CT molecular complexity index is 949. The van der Waals surface area contributed by atoms with Gasteiger partial charge in [-0.15, -0.1) is 0 Å². The average molecular weight is 411 g/mol. The van der Waals surface area contributed by atoms with Gasteiger partial charge in [-0.3, -0.25) is 0 Å². The molecule has 7 heteroatoms. The van der Waals surface area contributed by atoms with Crippen molar-refractivity contribution in [3.63, 3.8) is 0 Å². The van der Waals surface area contributed by atoms with Gasteiger partial charge in [-0.2, -0.15) is 13.2 Å². The topological polar surface area (TPSA) is 51.0 Å². The first kappa shape index (κ1) is 20.6. The van der Waals surface area contributed by atoms with Crippen molar-refractivity contribution in [3.05, 3.63) is 52.5 Å². The minimum Gasteiger partial charge on any atom is -0.494 e. The number of aryl methyl sites for hydroxylation is 1. The molecule has 0 bridgehead atoms. The summed E-state index contributed by atoms with van der Waals surface area (Å²) in [5.74, 6) is 0.714. The molecule has 2 aromatic carbocycles. The van der Waals surface area contributed by atoms with Gasteiger partial charge in [-0.05, 0) is 80.3 Å². The zero-order chi connectivity index (χ0) is 20.3. The van der Waals surface area contributed by atoms with E-state index in [1.54, 1.807) is 6.07 Å². The van der Waals surface area contributed by atoms with Crippen molar-refractivity contribution in [2.45, 2.75) is 32.4 Å². The van der Waals surface area contributed by atoms with Crippen molar-refractivity contribution in [1.82, 2.24) is 4.98 Å². The predicted molar refractivity (Wildman–Crippen MR) is 107 cm³/mol. The Morgan fingerprint density at radius 2 is 1.82 bits per heavy atom. The van der Waals surface area contributed by atoms with Crippen LogP contribution in [0.4, 0.5) is 13.2 Å². The summed E-state index contributed by atoms with van der Waals surface area (Å²) in [5, 5.41) is 0.567. The highest BCUT2D eigenvalue weighted by molar-refractivity contribution is 6.31. The van der Waals surface area contributed by atoms with Gasteiger partial charge in [0.25, 0.3) is 0 Å². The Balaban J connectivity index is 2.18. The van der Waals surface area contributed by atoms with Crippen molar-refractivity contribution in [2.75, 3.05) is 13.2 Å². The van der Waals surface area contributed by atoms with Crippen LogP contribution < -0.4 is 10.5 Å². The molecule has 1 heterocycles. The number of hydrogen-bond donors (Lipinski definition) is 2. The van der Waals surface area contributed by atoms with Crippen LogP contribution in [-0.2, 0) is 12.6 Å². The molecule has 150 valence electrons. The van der Waals surface area contributed by atoms with Gasteiger partial charge in [-0.25, -0.2) is 0 Å². The van der Waals surface area contributed by atoms with E-state index in [1.165, 1.54) is 0 Å². The summed E-state index contributed by atoms with van der Waals surface area (Å²) in [6.45, 7) is 2.97. The second kappa shape index (κ2) is 8.45. The number of fused-ring (bicyclic) bond motifs is 1. The number of benzene rings is 2. The second-order valence-corrected chi connectivity index (χ2v) is 6.99. The third-order valence-electron chi connectivity index (χ3n) is 4.62. The monoisotopic (exact) mass is 410 g/mol. The van der Waals surface area contributed by atoms with E-state index in [1.807, 2.05) is 31.2 Å². The van der Waals surface area contributed by atoms with E-state index < -0.39 is 11.7 Å². The van der Waals surface area contributed by atoms with E-state index in [4.69, 9.17) is 22.1 Å². The van der Waals surface area contributed by atoms with E-state index >= 15 is 0 Å². The minimum absolute atomic E-state index is 0.0588. The van der Waals surface area contributed by atoms with Crippen LogP contribution in [0.2, 0.25) is 5.02 Å². The average Bonchev–Trinajstić information content (AvgIpc) is 3.00. The van der Waals surface area contributed by atoms with Crippen LogP contribution in [0.15, 0.2) is 36.4 Å². The molecule has 0 aliphatic carbocycles. The molecule has 0 aliphatic rings. The normalized spacial score (nSPS) is 11.9. The molecule has 28 heavy (non-hydrogen) atoms. The Labute approximate surface area is 166 Å². The molecular weight excluding hydrogens is 389 g/mol. The summed E-state index contributed by atoms with van der Waals surface area (Å²) in [4.78, 5) is 3.01. The van der Waals surface area contributed by atoms with Crippen LogP contribution in [0.5, 0.6) is 5.75 Å². The largest absolute Gasteiger partial charge is 0.494 e. The molecule has 1 aromatic heterocycles. The molecule has 0 saturated heterocycles. The molecule has 0 amide bonds. The van der Waals surface area contributed by atoms with Gasteiger partial charge in [0, 0.05) is 16.1 Å². The Morgan fingerprint density at radius 3 is 2.43 bits per heavy atom. The van der Waals surface area contributed by atoms with Crippen LogP contribution in [0.25, 0.3) is 22.2 Å². The minimum atomic E-state index is -4.50. The summed E-state index contributed by atoms with van der Waals surface area (Å²) in [6, 6.07) is 9.87.